The molecule has 1 aliphatic rings. The molecule has 4 N–H and O–H groups in total. The number of fused-ring (bicyclic) bond motifs is 1. The van der Waals surface area contributed by atoms with Crippen LogP contribution in [0.5, 0.6) is 5.75 Å². The minimum atomic E-state index is -1.73. The van der Waals surface area contributed by atoms with Crippen molar-refractivity contribution in [2.45, 2.75) is 44.1 Å². The van der Waals surface area contributed by atoms with Gasteiger partial charge in [0.05, 0.1) is 11.6 Å². The zero-order valence-corrected chi connectivity index (χ0v) is 18.3. The standard InChI is InChI=1S/C24H23ClF2O6/c1-2-32-16-8-7-11(18(26)19(16)27)9-12-10-15(13-5-3-4-6-14(13)17(12)25)23-21(29)20(28)22(30)24(31)33-23/h3-8,10,20-24,28-31H,2,9H2,1H3/t20-,21-,22+,23+,24+/m1/s1. The predicted molar refractivity (Wildman–Crippen MR) is 117 cm³/mol. The molecule has 5 atom stereocenters. The SMILES string of the molecule is CCOc1ccc(Cc2cc([C@@H]3O[C@H](O)[C@@H](O)[C@H](O)[C@H]3O)c3ccccc3c2Cl)c(F)c1F. The fourth-order valence-electron chi connectivity index (χ4n) is 4.09. The highest BCUT2D eigenvalue weighted by atomic mass is 35.5. The van der Waals surface area contributed by atoms with Gasteiger partial charge in [-0.1, -0.05) is 48.0 Å². The summed E-state index contributed by atoms with van der Waals surface area (Å²) in [5.74, 6) is -2.35. The van der Waals surface area contributed by atoms with Crippen LogP contribution in [0.15, 0.2) is 42.5 Å². The van der Waals surface area contributed by atoms with E-state index in [2.05, 4.69) is 0 Å². The van der Waals surface area contributed by atoms with Crippen LogP contribution < -0.4 is 4.74 Å². The molecule has 3 aromatic rings. The van der Waals surface area contributed by atoms with Crippen LogP contribution in [0.25, 0.3) is 10.8 Å². The molecule has 1 heterocycles. The summed E-state index contributed by atoms with van der Waals surface area (Å²) in [6.45, 7) is 1.85. The number of benzene rings is 3. The Morgan fingerprint density at radius 3 is 2.30 bits per heavy atom. The van der Waals surface area contributed by atoms with Crippen molar-refractivity contribution in [2.24, 2.45) is 0 Å². The first-order valence-electron chi connectivity index (χ1n) is 10.4. The van der Waals surface area contributed by atoms with Crippen molar-refractivity contribution in [1.29, 1.82) is 0 Å². The van der Waals surface area contributed by atoms with Gasteiger partial charge in [0.1, 0.15) is 24.4 Å². The summed E-state index contributed by atoms with van der Waals surface area (Å²) in [6.07, 6.45) is -7.92. The Balaban J connectivity index is 1.81. The summed E-state index contributed by atoms with van der Waals surface area (Å²) in [5.41, 5.74) is 0.827. The zero-order chi connectivity index (χ0) is 23.9. The van der Waals surface area contributed by atoms with Gasteiger partial charge >= 0.3 is 0 Å². The highest BCUT2D eigenvalue weighted by Crippen LogP contribution is 2.40. The molecule has 1 saturated heterocycles. The predicted octanol–water partition coefficient (Wildman–Crippen LogP) is 3.23. The van der Waals surface area contributed by atoms with E-state index in [1.54, 1.807) is 37.3 Å². The van der Waals surface area contributed by atoms with Gasteiger partial charge in [0.15, 0.2) is 17.9 Å². The number of ether oxygens (including phenoxy) is 2. The van der Waals surface area contributed by atoms with E-state index in [1.807, 2.05) is 0 Å². The lowest BCUT2D eigenvalue weighted by Gasteiger charge is -2.39. The molecule has 0 radical (unpaired) electrons. The third kappa shape index (κ3) is 4.30. The molecule has 0 saturated carbocycles. The number of rotatable bonds is 5. The monoisotopic (exact) mass is 480 g/mol. The number of halogens is 3. The van der Waals surface area contributed by atoms with E-state index >= 15 is 0 Å². The molecule has 6 nitrogen and oxygen atoms in total. The molecule has 33 heavy (non-hydrogen) atoms. The summed E-state index contributed by atoms with van der Waals surface area (Å²) in [4.78, 5) is 0. The molecule has 176 valence electrons. The van der Waals surface area contributed by atoms with Crippen molar-refractivity contribution in [3.63, 3.8) is 0 Å². The number of hydrogen-bond donors (Lipinski definition) is 4. The number of aliphatic hydroxyl groups is 4. The van der Waals surface area contributed by atoms with Crippen LogP contribution in [0.1, 0.15) is 29.7 Å². The molecule has 1 fully saturated rings. The summed E-state index contributed by atoms with van der Waals surface area (Å²) < 4.78 is 39.6. The van der Waals surface area contributed by atoms with Crippen LogP contribution >= 0.6 is 11.6 Å². The Morgan fingerprint density at radius 2 is 1.61 bits per heavy atom. The molecule has 0 bridgehead atoms. The summed E-state index contributed by atoms with van der Waals surface area (Å²) >= 11 is 6.61. The van der Waals surface area contributed by atoms with E-state index in [4.69, 9.17) is 21.1 Å². The third-order valence-corrected chi connectivity index (χ3v) is 6.23. The molecule has 4 rings (SSSR count). The minimum Gasteiger partial charge on any atom is -0.491 e. The average Bonchev–Trinajstić information content (AvgIpc) is 2.81. The highest BCUT2D eigenvalue weighted by molar-refractivity contribution is 6.36. The molecule has 0 spiro atoms. The van der Waals surface area contributed by atoms with Crippen molar-refractivity contribution < 1.29 is 38.7 Å². The van der Waals surface area contributed by atoms with Crippen molar-refractivity contribution in [3.8, 4) is 5.75 Å². The van der Waals surface area contributed by atoms with Gasteiger partial charge in [-0.25, -0.2) is 4.39 Å². The molecular weight excluding hydrogens is 458 g/mol. The summed E-state index contributed by atoms with van der Waals surface area (Å²) in [6, 6.07) is 11.2. The van der Waals surface area contributed by atoms with Gasteiger partial charge < -0.3 is 29.9 Å². The van der Waals surface area contributed by atoms with Gasteiger partial charge in [-0.05, 0) is 35.1 Å². The number of hydrogen-bond acceptors (Lipinski definition) is 6. The second-order valence-corrected chi connectivity index (χ2v) is 8.24. The fourth-order valence-corrected chi connectivity index (χ4v) is 4.38. The molecule has 0 amide bonds. The van der Waals surface area contributed by atoms with E-state index in [0.717, 1.165) is 0 Å². The maximum absolute atomic E-state index is 14.7. The second kappa shape index (κ2) is 9.50. The van der Waals surface area contributed by atoms with Crippen LogP contribution in [0.4, 0.5) is 8.78 Å². The lowest BCUT2D eigenvalue weighted by Crippen LogP contribution is -2.54. The van der Waals surface area contributed by atoms with E-state index < -0.39 is 42.3 Å². The van der Waals surface area contributed by atoms with E-state index in [1.165, 1.54) is 12.1 Å². The highest BCUT2D eigenvalue weighted by Gasteiger charge is 2.44. The Bertz CT molecular complexity index is 1170. The summed E-state index contributed by atoms with van der Waals surface area (Å²) in [7, 11) is 0. The van der Waals surface area contributed by atoms with E-state index in [9.17, 15) is 29.2 Å². The van der Waals surface area contributed by atoms with E-state index in [0.29, 0.717) is 26.9 Å². The van der Waals surface area contributed by atoms with Gasteiger partial charge in [-0.2, -0.15) is 4.39 Å². The lowest BCUT2D eigenvalue weighted by atomic mass is 9.88. The average molecular weight is 481 g/mol. The normalized spacial score (nSPS) is 25.4. The van der Waals surface area contributed by atoms with Gasteiger partial charge in [0.2, 0.25) is 5.82 Å². The summed E-state index contributed by atoms with van der Waals surface area (Å²) in [5, 5.41) is 41.9. The van der Waals surface area contributed by atoms with E-state index in [-0.39, 0.29) is 24.3 Å². The van der Waals surface area contributed by atoms with Gasteiger partial charge in [0, 0.05) is 11.8 Å². The van der Waals surface area contributed by atoms with Crippen LogP contribution in [0.3, 0.4) is 0 Å². The first-order valence-corrected chi connectivity index (χ1v) is 10.8. The zero-order valence-electron chi connectivity index (χ0n) is 17.6. The molecular formula is C24H23ClF2O6. The molecule has 0 unspecified atom stereocenters. The molecule has 0 aromatic heterocycles. The quantitative estimate of drug-likeness (QED) is 0.447. The van der Waals surface area contributed by atoms with Crippen LogP contribution in [0, 0.1) is 11.6 Å². The van der Waals surface area contributed by atoms with Crippen molar-refractivity contribution in [1.82, 2.24) is 0 Å². The van der Waals surface area contributed by atoms with Gasteiger partial charge in [0.25, 0.3) is 0 Å². The van der Waals surface area contributed by atoms with Gasteiger partial charge in [-0.15, -0.1) is 0 Å². The van der Waals surface area contributed by atoms with Crippen molar-refractivity contribution >= 4 is 22.4 Å². The van der Waals surface area contributed by atoms with Crippen molar-refractivity contribution in [3.05, 3.63) is 75.8 Å². The molecule has 9 heteroatoms. The Morgan fingerprint density at radius 1 is 0.909 bits per heavy atom. The third-order valence-electron chi connectivity index (χ3n) is 5.79. The second-order valence-electron chi connectivity index (χ2n) is 7.86. The largest absolute Gasteiger partial charge is 0.491 e. The molecule has 0 aliphatic carbocycles. The Labute approximate surface area is 193 Å². The first-order chi connectivity index (χ1) is 15.7. The topological polar surface area (TPSA) is 99.4 Å². The van der Waals surface area contributed by atoms with Crippen LogP contribution in [0.2, 0.25) is 5.02 Å². The first kappa shape index (κ1) is 23.8. The van der Waals surface area contributed by atoms with Gasteiger partial charge in [-0.3, -0.25) is 0 Å². The van der Waals surface area contributed by atoms with Crippen LogP contribution in [-0.4, -0.2) is 51.6 Å². The molecule has 1 aliphatic heterocycles. The Hall–Kier alpha value is -2.33. The van der Waals surface area contributed by atoms with Crippen molar-refractivity contribution in [2.75, 3.05) is 6.61 Å². The molecule has 3 aromatic carbocycles. The smallest absolute Gasteiger partial charge is 0.200 e. The minimum absolute atomic E-state index is 0.0414. The number of aliphatic hydroxyl groups excluding tert-OH is 4. The Kier molecular flexibility index (Phi) is 6.86. The fraction of sp³-hybridized carbons (Fsp3) is 0.333. The maximum atomic E-state index is 14.7. The maximum Gasteiger partial charge on any atom is 0.200 e. The van der Waals surface area contributed by atoms with Crippen LogP contribution in [-0.2, 0) is 11.2 Å². The lowest BCUT2D eigenvalue weighted by molar-refractivity contribution is -0.284.